The number of rotatable bonds is 3. The Morgan fingerprint density at radius 1 is 0.396 bits per heavy atom. The molecule has 222 valence electrons. The summed E-state index contributed by atoms with van der Waals surface area (Å²) in [6.45, 7) is 0. The average molecular weight is 629 g/mol. The number of fused-ring (bicyclic) bond motifs is 10. The van der Waals surface area contributed by atoms with Gasteiger partial charge in [-0.3, -0.25) is 4.57 Å². The lowest BCUT2D eigenvalue weighted by Gasteiger charge is -2.11. The molecule has 0 aliphatic heterocycles. The van der Waals surface area contributed by atoms with E-state index in [9.17, 15) is 0 Å². The molecule has 0 fully saturated rings. The van der Waals surface area contributed by atoms with Crippen molar-refractivity contribution in [1.82, 2.24) is 19.5 Å². The zero-order chi connectivity index (χ0) is 31.3. The number of hydrogen-bond acceptors (Lipinski definition) is 4. The van der Waals surface area contributed by atoms with Crippen molar-refractivity contribution in [3.63, 3.8) is 0 Å². The van der Waals surface area contributed by atoms with Gasteiger partial charge in [0, 0.05) is 42.1 Å². The first kappa shape index (κ1) is 26.0. The Hall–Kier alpha value is -6.17. The summed E-state index contributed by atoms with van der Waals surface area (Å²) in [5.74, 6) is 1.91. The third-order valence-corrected chi connectivity index (χ3v) is 10.9. The van der Waals surface area contributed by atoms with Crippen LogP contribution in [0.25, 0.3) is 104 Å². The monoisotopic (exact) mass is 628 g/mol. The molecule has 10 aromatic rings. The summed E-state index contributed by atoms with van der Waals surface area (Å²) in [7, 11) is 0. The van der Waals surface area contributed by atoms with Crippen LogP contribution in [0.15, 0.2) is 146 Å². The molecule has 48 heavy (non-hydrogen) atoms. The third-order valence-electron chi connectivity index (χ3n) is 9.80. The van der Waals surface area contributed by atoms with Crippen LogP contribution >= 0.6 is 11.3 Å². The van der Waals surface area contributed by atoms with Crippen molar-refractivity contribution in [2.45, 2.75) is 0 Å². The van der Waals surface area contributed by atoms with Gasteiger partial charge in [0.25, 0.3) is 0 Å². The third kappa shape index (κ3) is 3.56. The van der Waals surface area contributed by atoms with Crippen LogP contribution in [0.5, 0.6) is 0 Å². The van der Waals surface area contributed by atoms with E-state index in [0.29, 0.717) is 17.6 Å². The second-order valence-electron chi connectivity index (χ2n) is 12.4. The van der Waals surface area contributed by atoms with Crippen molar-refractivity contribution in [2.24, 2.45) is 0 Å². The second-order valence-corrected chi connectivity index (χ2v) is 13.5. The summed E-state index contributed by atoms with van der Waals surface area (Å²) < 4.78 is 4.72. The molecule has 0 unspecified atom stereocenters. The molecule has 0 amide bonds. The first-order valence-corrected chi connectivity index (χ1v) is 16.9. The maximum atomic E-state index is 5.21. The van der Waals surface area contributed by atoms with Gasteiger partial charge in [0.15, 0.2) is 11.6 Å². The fraction of sp³-hybridized carbons (Fsp3) is 0. The van der Waals surface area contributed by atoms with Gasteiger partial charge >= 0.3 is 0 Å². The Morgan fingerprint density at radius 2 is 1.02 bits per heavy atom. The first-order chi connectivity index (χ1) is 23.8. The van der Waals surface area contributed by atoms with Crippen LogP contribution in [0.1, 0.15) is 0 Å². The van der Waals surface area contributed by atoms with Crippen molar-refractivity contribution in [1.29, 1.82) is 0 Å². The van der Waals surface area contributed by atoms with Crippen molar-refractivity contribution in [3.05, 3.63) is 146 Å². The van der Waals surface area contributed by atoms with E-state index >= 15 is 0 Å². The van der Waals surface area contributed by atoms with Crippen LogP contribution in [-0.2, 0) is 0 Å². The van der Waals surface area contributed by atoms with Gasteiger partial charge < -0.3 is 0 Å². The number of para-hydroxylation sites is 2. The van der Waals surface area contributed by atoms with E-state index in [1.807, 2.05) is 29.5 Å². The molecule has 0 radical (unpaired) electrons. The van der Waals surface area contributed by atoms with Crippen LogP contribution in [0.3, 0.4) is 0 Å². The Kier molecular flexibility index (Phi) is 5.23. The molecule has 3 heterocycles. The maximum Gasteiger partial charge on any atom is 0.238 e. The van der Waals surface area contributed by atoms with Crippen LogP contribution in [0.4, 0.5) is 0 Å². The van der Waals surface area contributed by atoms with Crippen LogP contribution in [0.2, 0.25) is 0 Å². The zero-order valence-electron chi connectivity index (χ0n) is 25.6. The highest BCUT2D eigenvalue weighted by molar-refractivity contribution is 7.26. The Morgan fingerprint density at radius 3 is 1.79 bits per heavy atom. The largest absolute Gasteiger partial charge is 0.278 e. The van der Waals surface area contributed by atoms with Gasteiger partial charge in [-0.1, -0.05) is 109 Å². The fourth-order valence-corrected chi connectivity index (χ4v) is 8.87. The highest BCUT2D eigenvalue weighted by atomic mass is 32.1. The van der Waals surface area contributed by atoms with Crippen LogP contribution in [0, 0.1) is 0 Å². The van der Waals surface area contributed by atoms with E-state index in [1.54, 1.807) is 0 Å². The number of nitrogens with zero attached hydrogens (tertiary/aromatic N) is 4. The lowest BCUT2D eigenvalue weighted by atomic mass is 9.98. The lowest BCUT2D eigenvalue weighted by Crippen LogP contribution is -2.06. The highest BCUT2D eigenvalue weighted by Gasteiger charge is 2.24. The molecular formula is C43H24N4S. The van der Waals surface area contributed by atoms with Gasteiger partial charge in [0.05, 0.1) is 11.0 Å². The molecule has 1 aliphatic carbocycles. The molecule has 0 atom stereocenters. The Bertz CT molecular complexity index is 2900. The highest BCUT2D eigenvalue weighted by Crippen LogP contribution is 2.51. The quantitative estimate of drug-likeness (QED) is 0.196. The summed E-state index contributed by atoms with van der Waals surface area (Å²) in [6, 6.07) is 51.7. The van der Waals surface area contributed by atoms with Crippen molar-refractivity contribution >= 4 is 64.1 Å². The van der Waals surface area contributed by atoms with E-state index in [1.165, 1.54) is 64.0 Å². The standard InChI is InChI=1S/C43H24N4S/c1-2-11-25(12-3-1)41-44-42(46-43(45-41)47-35-19-8-6-15-29(35)30-16-7-9-20-36(30)47)26-21-22-37-34(23-26)40-32-18-10-17-31-27-13-4-5-14-28(27)33(39(31)32)24-38(40)48-37/h1-24H. The summed E-state index contributed by atoms with van der Waals surface area (Å²) >= 11 is 1.85. The molecular weight excluding hydrogens is 605 g/mol. The van der Waals surface area contributed by atoms with Gasteiger partial charge in [0.2, 0.25) is 5.95 Å². The van der Waals surface area contributed by atoms with Gasteiger partial charge in [-0.2, -0.15) is 9.97 Å². The second kappa shape index (κ2) is 9.67. The molecule has 0 saturated carbocycles. The number of aromatic nitrogens is 4. The Labute approximate surface area is 279 Å². The predicted molar refractivity (Wildman–Crippen MR) is 200 cm³/mol. The van der Waals surface area contributed by atoms with Gasteiger partial charge in [-0.05, 0) is 69.4 Å². The minimum absolute atomic E-state index is 0.606. The van der Waals surface area contributed by atoms with Crippen molar-refractivity contribution < 1.29 is 0 Å². The molecule has 5 heteroatoms. The number of thiophene rings is 1. The molecule has 1 aliphatic rings. The molecule has 7 aromatic carbocycles. The van der Waals surface area contributed by atoms with Crippen molar-refractivity contribution in [2.75, 3.05) is 0 Å². The molecule has 4 nitrogen and oxygen atoms in total. The molecule has 0 bridgehead atoms. The van der Waals surface area contributed by atoms with Crippen molar-refractivity contribution in [3.8, 4) is 51.0 Å². The van der Waals surface area contributed by atoms with Crippen LogP contribution < -0.4 is 0 Å². The minimum Gasteiger partial charge on any atom is -0.278 e. The van der Waals surface area contributed by atoms with E-state index in [0.717, 1.165) is 22.2 Å². The lowest BCUT2D eigenvalue weighted by molar-refractivity contribution is 0.954. The molecule has 11 rings (SSSR count). The number of benzene rings is 7. The van der Waals surface area contributed by atoms with Gasteiger partial charge in [0.1, 0.15) is 0 Å². The molecule has 3 aromatic heterocycles. The number of hydrogen-bond donors (Lipinski definition) is 0. The predicted octanol–water partition coefficient (Wildman–Crippen LogP) is 11.5. The van der Waals surface area contributed by atoms with Gasteiger partial charge in [-0.15, -0.1) is 11.3 Å². The minimum atomic E-state index is 0.606. The van der Waals surface area contributed by atoms with E-state index in [2.05, 4.69) is 132 Å². The topological polar surface area (TPSA) is 43.6 Å². The molecule has 0 spiro atoms. The normalized spacial score (nSPS) is 12.2. The zero-order valence-corrected chi connectivity index (χ0v) is 26.4. The maximum absolute atomic E-state index is 5.21. The Balaban J connectivity index is 1.18. The van der Waals surface area contributed by atoms with Gasteiger partial charge in [-0.25, -0.2) is 4.98 Å². The molecule has 0 saturated heterocycles. The van der Waals surface area contributed by atoms with E-state index in [4.69, 9.17) is 15.0 Å². The van der Waals surface area contributed by atoms with E-state index in [-0.39, 0.29) is 0 Å². The fourth-order valence-electron chi connectivity index (χ4n) is 7.73. The molecule has 0 N–H and O–H groups in total. The summed E-state index contributed by atoms with van der Waals surface area (Å²) in [5, 5.41) is 7.51. The van der Waals surface area contributed by atoms with Crippen LogP contribution in [-0.4, -0.2) is 19.5 Å². The summed E-state index contributed by atoms with van der Waals surface area (Å²) in [5.41, 5.74) is 9.34. The SMILES string of the molecule is c1ccc(-c2nc(-c3ccc4sc5cc6c7c(cccc7c5c4c3)-c3ccccc3-6)nc(-n3c4ccccc4c4ccccc43)n2)cc1. The van der Waals surface area contributed by atoms with E-state index < -0.39 is 0 Å². The summed E-state index contributed by atoms with van der Waals surface area (Å²) in [4.78, 5) is 15.4. The smallest absolute Gasteiger partial charge is 0.238 e. The average Bonchev–Trinajstić information content (AvgIpc) is 3.80. The summed E-state index contributed by atoms with van der Waals surface area (Å²) in [6.07, 6.45) is 0. The first-order valence-electron chi connectivity index (χ1n) is 16.1.